The number of aryl methyl sites for hydroxylation is 1. The van der Waals surface area contributed by atoms with Crippen LogP contribution in [0.15, 0.2) is 24.3 Å². The van der Waals surface area contributed by atoms with Crippen molar-refractivity contribution in [1.82, 2.24) is 10.3 Å². The summed E-state index contributed by atoms with van der Waals surface area (Å²) in [4.78, 5) is 6.18. The van der Waals surface area contributed by atoms with Crippen LogP contribution in [-0.2, 0) is 19.4 Å². The van der Waals surface area contributed by atoms with Gasteiger partial charge in [0.1, 0.15) is 5.75 Å². The maximum Gasteiger partial charge on any atom is 0.118 e. The van der Waals surface area contributed by atoms with Gasteiger partial charge in [-0.1, -0.05) is 26.0 Å². The van der Waals surface area contributed by atoms with Gasteiger partial charge in [0.05, 0.1) is 17.8 Å². The number of thiazole rings is 1. The Labute approximate surface area is 131 Å². The molecule has 21 heavy (non-hydrogen) atoms. The van der Waals surface area contributed by atoms with Crippen LogP contribution in [0.4, 0.5) is 0 Å². The van der Waals surface area contributed by atoms with Crippen molar-refractivity contribution in [2.75, 3.05) is 13.7 Å². The highest BCUT2D eigenvalue weighted by Gasteiger charge is 2.10. The Bertz CT molecular complexity index is 548. The summed E-state index contributed by atoms with van der Waals surface area (Å²) >= 11 is 1.83. The van der Waals surface area contributed by atoms with E-state index in [2.05, 4.69) is 31.3 Å². The fourth-order valence-electron chi connectivity index (χ4n) is 2.22. The zero-order chi connectivity index (χ0) is 15.1. The Morgan fingerprint density at radius 2 is 1.95 bits per heavy atom. The van der Waals surface area contributed by atoms with Crippen molar-refractivity contribution in [3.63, 3.8) is 0 Å². The van der Waals surface area contributed by atoms with Crippen LogP contribution in [0.25, 0.3) is 0 Å². The summed E-state index contributed by atoms with van der Waals surface area (Å²) < 4.78 is 5.19. The van der Waals surface area contributed by atoms with Crippen LogP contribution in [0.2, 0.25) is 0 Å². The number of ether oxygens (including phenoxy) is 1. The molecule has 0 saturated carbocycles. The average molecular weight is 304 g/mol. The smallest absolute Gasteiger partial charge is 0.118 e. The van der Waals surface area contributed by atoms with Crippen molar-refractivity contribution in [1.29, 1.82) is 0 Å². The Kier molecular flexibility index (Phi) is 6.21. The number of aromatic nitrogens is 1. The molecule has 3 nitrogen and oxygen atoms in total. The second-order valence-corrected chi connectivity index (χ2v) is 6.20. The molecule has 0 unspecified atom stereocenters. The standard InChI is InChI=1S/C17H24N2OS/c1-4-10-18-12-16-15(5-2)19-17(21-16)11-13-6-8-14(20-3)9-7-13/h6-9,18H,4-5,10-12H2,1-3H3. The highest BCUT2D eigenvalue weighted by Crippen LogP contribution is 2.22. The van der Waals surface area contributed by atoms with Crippen molar-refractivity contribution in [3.05, 3.63) is 45.4 Å². The minimum Gasteiger partial charge on any atom is -0.497 e. The maximum atomic E-state index is 5.19. The Hall–Kier alpha value is -1.39. The fraction of sp³-hybridized carbons (Fsp3) is 0.471. The first-order valence-corrected chi connectivity index (χ1v) is 8.39. The van der Waals surface area contributed by atoms with E-state index in [1.165, 1.54) is 27.6 Å². The van der Waals surface area contributed by atoms with Gasteiger partial charge in [0.2, 0.25) is 0 Å². The summed E-state index contributed by atoms with van der Waals surface area (Å²) in [5, 5.41) is 4.67. The Morgan fingerprint density at radius 1 is 1.19 bits per heavy atom. The molecule has 0 aliphatic heterocycles. The summed E-state index contributed by atoms with van der Waals surface area (Å²) in [6.45, 7) is 6.37. The second-order valence-electron chi connectivity index (χ2n) is 5.03. The number of hydrogen-bond acceptors (Lipinski definition) is 4. The van der Waals surface area contributed by atoms with Crippen LogP contribution in [0.3, 0.4) is 0 Å². The third-order valence-electron chi connectivity index (χ3n) is 3.38. The zero-order valence-corrected chi connectivity index (χ0v) is 13.9. The Morgan fingerprint density at radius 3 is 2.57 bits per heavy atom. The minimum absolute atomic E-state index is 0.898. The quantitative estimate of drug-likeness (QED) is 0.753. The molecular formula is C17H24N2OS. The SMILES string of the molecule is CCCNCc1sc(Cc2ccc(OC)cc2)nc1CC. The van der Waals surface area contributed by atoms with Crippen LogP contribution < -0.4 is 10.1 Å². The number of rotatable bonds is 8. The maximum absolute atomic E-state index is 5.19. The normalized spacial score (nSPS) is 10.8. The highest BCUT2D eigenvalue weighted by atomic mass is 32.1. The Balaban J connectivity index is 2.05. The van der Waals surface area contributed by atoms with Gasteiger partial charge in [0, 0.05) is 17.8 Å². The number of methoxy groups -OCH3 is 1. The monoisotopic (exact) mass is 304 g/mol. The van der Waals surface area contributed by atoms with Gasteiger partial charge >= 0.3 is 0 Å². The lowest BCUT2D eigenvalue weighted by molar-refractivity contribution is 0.414. The van der Waals surface area contributed by atoms with E-state index in [1.54, 1.807) is 7.11 Å². The number of nitrogens with zero attached hydrogens (tertiary/aromatic N) is 1. The van der Waals surface area contributed by atoms with Gasteiger partial charge in [-0.2, -0.15) is 0 Å². The van der Waals surface area contributed by atoms with Gasteiger partial charge in [-0.3, -0.25) is 0 Å². The van der Waals surface area contributed by atoms with Gasteiger partial charge < -0.3 is 10.1 Å². The molecular weight excluding hydrogens is 280 g/mol. The van der Waals surface area contributed by atoms with E-state index >= 15 is 0 Å². The lowest BCUT2D eigenvalue weighted by Gasteiger charge is -2.01. The summed E-state index contributed by atoms with van der Waals surface area (Å²) in [5.41, 5.74) is 2.52. The molecule has 0 fully saturated rings. The topological polar surface area (TPSA) is 34.1 Å². The molecule has 1 heterocycles. The van der Waals surface area contributed by atoms with Gasteiger partial charge in [0.25, 0.3) is 0 Å². The van der Waals surface area contributed by atoms with Crippen molar-refractivity contribution >= 4 is 11.3 Å². The van der Waals surface area contributed by atoms with Crippen LogP contribution in [0, 0.1) is 0 Å². The van der Waals surface area contributed by atoms with E-state index in [4.69, 9.17) is 9.72 Å². The van der Waals surface area contributed by atoms with Crippen LogP contribution >= 0.6 is 11.3 Å². The average Bonchev–Trinajstić information content (AvgIpc) is 2.90. The first-order chi connectivity index (χ1) is 10.3. The van der Waals surface area contributed by atoms with Gasteiger partial charge in [-0.25, -0.2) is 4.98 Å². The van der Waals surface area contributed by atoms with Gasteiger partial charge in [-0.05, 0) is 37.1 Å². The molecule has 0 spiro atoms. The van der Waals surface area contributed by atoms with Crippen LogP contribution in [0.1, 0.15) is 41.4 Å². The molecule has 0 aliphatic carbocycles. The molecule has 0 atom stereocenters. The van der Waals surface area contributed by atoms with Gasteiger partial charge in [0.15, 0.2) is 0 Å². The van der Waals surface area contributed by atoms with Crippen molar-refractivity contribution in [2.24, 2.45) is 0 Å². The molecule has 0 aliphatic rings. The van der Waals surface area contributed by atoms with Crippen LogP contribution in [-0.4, -0.2) is 18.6 Å². The number of nitrogens with one attached hydrogen (secondary N) is 1. The van der Waals surface area contributed by atoms with E-state index in [9.17, 15) is 0 Å². The van der Waals surface area contributed by atoms with Crippen molar-refractivity contribution < 1.29 is 4.74 Å². The second kappa shape index (κ2) is 8.15. The van der Waals surface area contributed by atoms with Gasteiger partial charge in [-0.15, -0.1) is 11.3 Å². The molecule has 1 aromatic heterocycles. The highest BCUT2D eigenvalue weighted by molar-refractivity contribution is 7.11. The first kappa shape index (κ1) is 16.0. The summed E-state index contributed by atoms with van der Waals surface area (Å²) in [7, 11) is 1.69. The van der Waals surface area contributed by atoms with E-state index in [0.29, 0.717) is 0 Å². The third-order valence-corrected chi connectivity index (χ3v) is 4.48. The molecule has 1 N–H and O–H groups in total. The van der Waals surface area contributed by atoms with Crippen molar-refractivity contribution in [2.45, 2.75) is 39.7 Å². The molecule has 0 amide bonds. The lowest BCUT2D eigenvalue weighted by Crippen LogP contribution is -2.13. The molecule has 0 saturated heterocycles. The molecule has 2 rings (SSSR count). The lowest BCUT2D eigenvalue weighted by atomic mass is 10.1. The molecule has 0 radical (unpaired) electrons. The largest absolute Gasteiger partial charge is 0.497 e. The van der Waals surface area contributed by atoms with E-state index in [0.717, 1.165) is 31.7 Å². The van der Waals surface area contributed by atoms with Crippen molar-refractivity contribution in [3.8, 4) is 5.75 Å². The van der Waals surface area contributed by atoms with Crippen LogP contribution in [0.5, 0.6) is 5.75 Å². The summed E-state index contributed by atoms with van der Waals surface area (Å²) in [6, 6.07) is 8.24. The number of benzene rings is 1. The molecule has 4 heteroatoms. The molecule has 114 valence electrons. The predicted octanol–water partition coefficient (Wildman–Crippen LogP) is 3.80. The summed E-state index contributed by atoms with van der Waals surface area (Å²) in [5.74, 6) is 0.900. The summed E-state index contributed by atoms with van der Waals surface area (Å²) in [6.07, 6.45) is 3.07. The predicted molar refractivity (Wildman–Crippen MR) is 89.3 cm³/mol. The fourth-order valence-corrected chi connectivity index (χ4v) is 3.38. The molecule has 1 aromatic carbocycles. The van der Waals surface area contributed by atoms with E-state index < -0.39 is 0 Å². The third kappa shape index (κ3) is 4.55. The van der Waals surface area contributed by atoms with E-state index in [-0.39, 0.29) is 0 Å². The first-order valence-electron chi connectivity index (χ1n) is 7.57. The molecule has 2 aromatic rings. The van der Waals surface area contributed by atoms with E-state index in [1.807, 2.05) is 23.5 Å². The zero-order valence-electron chi connectivity index (χ0n) is 13.1. The number of hydrogen-bond donors (Lipinski definition) is 1. The minimum atomic E-state index is 0.898. The molecule has 0 bridgehead atoms.